The van der Waals surface area contributed by atoms with E-state index < -0.39 is 10.0 Å². The van der Waals surface area contributed by atoms with Gasteiger partial charge in [-0.2, -0.15) is 8.42 Å². The number of nitrogens with two attached hydrogens (primary N) is 1. The lowest BCUT2D eigenvalue weighted by Crippen LogP contribution is -2.16. The molecule has 27 heavy (non-hydrogen) atoms. The number of nitrogens with zero attached hydrogens (tertiary/aromatic N) is 2. The molecule has 0 spiro atoms. The van der Waals surface area contributed by atoms with Gasteiger partial charge in [0.1, 0.15) is 11.6 Å². The Morgan fingerprint density at radius 3 is 2.48 bits per heavy atom. The van der Waals surface area contributed by atoms with E-state index in [0.717, 1.165) is 35.2 Å². The number of nitrogen functional groups attached to an aromatic ring is 1. The molecule has 1 aromatic carbocycles. The summed E-state index contributed by atoms with van der Waals surface area (Å²) >= 11 is 0. The number of pyridine rings is 2. The Hall–Kier alpha value is -2.93. The van der Waals surface area contributed by atoms with Crippen LogP contribution in [0.25, 0.3) is 11.3 Å². The van der Waals surface area contributed by atoms with Gasteiger partial charge in [-0.05, 0) is 55.0 Å². The molecule has 138 valence electrons. The van der Waals surface area contributed by atoms with Crippen LogP contribution >= 0.6 is 0 Å². The summed E-state index contributed by atoms with van der Waals surface area (Å²) in [6.45, 7) is 2.03. The van der Waals surface area contributed by atoms with Crippen molar-refractivity contribution in [1.29, 1.82) is 0 Å². The minimum atomic E-state index is -3.87. The van der Waals surface area contributed by atoms with Gasteiger partial charge in [-0.25, -0.2) is 9.97 Å². The second-order valence-electron chi connectivity index (χ2n) is 6.73. The van der Waals surface area contributed by atoms with Crippen LogP contribution in [0, 0.1) is 6.92 Å². The number of aryl methyl sites for hydroxylation is 1. The molecule has 2 heterocycles. The van der Waals surface area contributed by atoms with E-state index in [1.165, 1.54) is 12.1 Å². The van der Waals surface area contributed by atoms with Gasteiger partial charge in [0.2, 0.25) is 0 Å². The number of rotatable bonds is 5. The van der Waals surface area contributed by atoms with E-state index in [2.05, 4.69) is 14.7 Å². The van der Waals surface area contributed by atoms with Crippen molar-refractivity contribution in [3.8, 4) is 11.3 Å². The molecule has 3 N–H and O–H groups in total. The molecule has 0 amide bonds. The van der Waals surface area contributed by atoms with Crippen LogP contribution in [0.4, 0.5) is 11.6 Å². The van der Waals surface area contributed by atoms with Gasteiger partial charge in [0.05, 0.1) is 5.69 Å². The zero-order valence-electron chi connectivity index (χ0n) is 14.9. The van der Waals surface area contributed by atoms with E-state index >= 15 is 0 Å². The Morgan fingerprint density at radius 2 is 1.78 bits per heavy atom. The fourth-order valence-corrected chi connectivity index (χ4v) is 4.05. The van der Waals surface area contributed by atoms with Crippen molar-refractivity contribution in [2.45, 2.75) is 30.7 Å². The first-order valence-electron chi connectivity index (χ1n) is 8.76. The third-order valence-electron chi connectivity index (χ3n) is 4.60. The molecule has 0 radical (unpaired) electrons. The van der Waals surface area contributed by atoms with Gasteiger partial charge in [-0.3, -0.25) is 4.72 Å². The lowest BCUT2D eigenvalue weighted by molar-refractivity contribution is 0.597. The van der Waals surface area contributed by atoms with E-state index in [1.807, 2.05) is 37.3 Å². The molecule has 6 nitrogen and oxygen atoms in total. The number of hydrogen-bond acceptors (Lipinski definition) is 5. The largest absolute Gasteiger partial charge is 0.384 e. The highest BCUT2D eigenvalue weighted by Gasteiger charge is 2.28. The molecule has 1 aliphatic carbocycles. The van der Waals surface area contributed by atoms with Gasteiger partial charge in [0.15, 0.2) is 5.03 Å². The molecule has 0 unspecified atom stereocenters. The van der Waals surface area contributed by atoms with Gasteiger partial charge in [-0.1, -0.05) is 36.4 Å². The van der Waals surface area contributed by atoms with Crippen molar-refractivity contribution in [2.75, 3.05) is 10.5 Å². The van der Waals surface area contributed by atoms with Gasteiger partial charge in [-0.15, -0.1) is 0 Å². The molecule has 7 heteroatoms. The Balaban J connectivity index is 1.74. The van der Waals surface area contributed by atoms with Crippen LogP contribution in [0.15, 0.2) is 59.6 Å². The Morgan fingerprint density at radius 1 is 1.00 bits per heavy atom. The molecule has 0 saturated heterocycles. The third kappa shape index (κ3) is 3.64. The van der Waals surface area contributed by atoms with Crippen molar-refractivity contribution in [3.63, 3.8) is 0 Å². The lowest BCUT2D eigenvalue weighted by atomic mass is 9.99. The Bertz CT molecular complexity index is 1110. The molecule has 4 rings (SSSR count). The Kier molecular flexibility index (Phi) is 4.31. The van der Waals surface area contributed by atoms with Crippen molar-refractivity contribution >= 4 is 21.7 Å². The molecule has 0 bridgehead atoms. The van der Waals surface area contributed by atoms with Gasteiger partial charge >= 0.3 is 0 Å². The summed E-state index contributed by atoms with van der Waals surface area (Å²) in [6.07, 6.45) is 2.28. The molecular weight excluding hydrogens is 360 g/mol. The lowest BCUT2D eigenvalue weighted by Gasteiger charge is -2.14. The molecule has 1 fully saturated rings. The van der Waals surface area contributed by atoms with Crippen molar-refractivity contribution in [3.05, 3.63) is 65.7 Å². The van der Waals surface area contributed by atoms with Crippen LogP contribution in [0.1, 0.15) is 29.9 Å². The molecule has 1 saturated carbocycles. The van der Waals surface area contributed by atoms with Crippen molar-refractivity contribution in [2.24, 2.45) is 0 Å². The monoisotopic (exact) mass is 380 g/mol. The summed E-state index contributed by atoms with van der Waals surface area (Å²) in [5.41, 5.74) is 9.72. The zero-order valence-corrected chi connectivity index (χ0v) is 15.7. The van der Waals surface area contributed by atoms with Gasteiger partial charge in [0, 0.05) is 5.56 Å². The normalized spacial score (nSPS) is 14.1. The van der Waals surface area contributed by atoms with Crippen LogP contribution in [0.3, 0.4) is 0 Å². The number of aromatic nitrogens is 2. The van der Waals surface area contributed by atoms with Gasteiger partial charge < -0.3 is 5.73 Å². The quantitative estimate of drug-likeness (QED) is 0.703. The summed E-state index contributed by atoms with van der Waals surface area (Å²) in [6, 6.07) is 16.2. The summed E-state index contributed by atoms with van der Waals surface area (Å²) in [5, 5.41) is -0.131. The summed E-state index contributed by atoms with van der Waals surface area (Å²) in [5.74, 6) is 0.908. The Labute approximate surface area is 158 Å². The molecule has 0 atom stereocenters. The van der Waals surface area contributed by atoms with E-state index in [1.54, 1.807) is 12.1 Å². The SMILES string of the molecule is Cc1ccccc1-c1nc(NS(=O)(=O)c2cccc(N)n2)ccc1C1CC1. The summed E-state index contributed by atoms with van der Waals surface area (Å²) in [4.78, 5) is 8.54. The first-order chi connectivity index (χ1) is 12.9. The molecule has 2 aromatic heterocycles. The maximum atomic E-state index is 12.6. The molecule has 3 aromatic rings. The van der Waals surface area contributed by atoms with Crippen LogP contribution in [0.2, 0.25) is 0 Å². The summed E-state index contributed by atoms with van der Waals surface area (Å²) in [7, 11) is -3.87. The van der Waals surface area contributed by atoms with Crippen LogP contribution < -0.4 is 10.5 Å². The van der Waals surface area contributed by atoms with Gasteiger partial charge in [0.25, 0.3) is 10.0 Å². The van der Waals surface area contributed by atoms with Crippen LogP contribution in [-0.4, -0.2) is 18.4 Å². The standard InChI is InChI=1S/C20H20N4O2S/c1-13-5-2-3-6-15(13)20-16(14-9-10-14)11-12-18(23-20)24-27(25,26)19-8-4-7-17(21)22-19/h2-8,11-12,14H,9-10H2,1H3,(H2,21,22)(H,23,24). The number of anilines is 2. The van der Waals surface area contributed by atoms with Crippen LogP contribution in [-0.2, 0) is 10.0 Å². The minimum Gasteiger partial charge on any atom is -0.384 e. The number of hydrogen-bond donors (Lipinski definition) is 2. The van der Waals surface area contributed by atoms with E-state index in [0.29, 0.717) is 5.92 Å². The average Bonchev–Trinajstić information content (AvgIpc) is 3.47. The third-order valence-corrected chi connectivity index (χ3v) is 5.86. The number of nitrogens with one attached hydrogen (secondary N) is 1. The average molecular weight is 380 g/mol. The predicted molar refractivity (Wildman–Crippen MR) is 106 cm³/mol. The number of sulfonamides is 1. The number of benzene rings is 1. The summed E-state index contributed by atoms with van der Waals surface area (Å²) < 4.78 is 27.8. The molecular formula is C20H20N4O2S. The van der Waals surface area contributed by atoms with Crippen molar-refractivity contribution in [1.82, 2.24) is 9.97 Å². The fraction of sp³-hybridized carbons (Fsp3) is 0.200. The zero-order chi connectivity index (χ0) is 19.0. The second-order valence-corrected chi connectivity index (χ2v) is 8.36. The molecule has 1 aliphatic rings. The highest BCUT2D eigenvalue weighted by molar-refractivity contribution is 7.92. The van der Waals surface area contributed by atoms with Crippen LogP contribution in [0.5, 0.6) is 0 Å². The van der Waals surface area contributed by atoms with E-state index in [4.69, 9.17) is 5.73 Å². The minimum absolute atomic E-state index is 0.131. The first kappa shape index (κ1) is 17.5. The topological polar surface area (TPSA) is 98.0 Å². The van der Waals surface area contributed by atoms with Crippen molar-refractivity contribution < 1.29 is 8.42 Å². The predicted octanol–water partition coefficient (Wildman–Crippen LogP) is 3.71. The highest BCUT2D eigenvalue weighted by atomic mass is 32.2. The molecule has 0 aliphatic heterocycles. The maximum Gasteiger partial charge on any atom is 0.280 e. The smallest absolute Gasteiger partial charge is 0.280 e. The maximum absolute atomic E-state index is 12.6. The first-order valence-corrected chi connectivity index (χ1v) is 10.2. The highest BCUT2D eigenvalue weighted by Crippen LogP contribution is 2.44. The second kappa shape index (κ2) is 6.66. The fourth-order valence-electron chi connectivity index (χ4n) is 3.08. The van der Waals surface area contributed by atoms with E-state index in [-0.39, 0.29) is 16.7 Å². The van der Waals surface area contributed by atoms with E-state index in [9.17, 15) is 8.42 Å².